The van der Waals surface area contributed by atoms with Crippen LogP contribution < -0.4 is 11.2 Å². The second-order valence-corrected chi connectivity index (χ2v) is 9.13. The van der Waals surface area contributed by atoms with Crippen LogP contribution in [0, 0.1) is 0 Å². The predicted octanol–water partition coefficient (Wildman–Crippen LogP) is 6.06. The highest BCUT2D eigenvalue weighted by Crippen LogP contribution is 2.45. The van der Waals surface area contributed by atoms with Crippen molar-refractivity contribution in [3.63, 3.8) is 0 Å². The van der Waals surface area contributed by atoms with Crippen LogP contribution in [-0.4, -0.2) is 16.1 Å². The first-order valence-corrected chi connectivity index (χ1v) is 12.1. The van der Waals surface area contributed by atoms with E-state index in [0.29, 0.717) is 46.4 Å². The van der Waals surface area contributed by atoms with Crippen LogP contribution in [0.15, 0.2) is 101 Å². The Morgan fingerprint density at radius 1 is 0.892 bits per heavy atom. The average Bonchev–Trinajstić information content (AvgIpc) is 2.91. The molecule has 3 heterocycles. The number of rotatable bonds is 5. The molecule has 182 valence electrons. The van der Waals surface area contributed by atoms with Crippen molar-refractivity contribution in [2.45, 2.75) is 24.9 Å². The molecule has 2 aromatic carbocycles. The van der Waals surface area contributed by atoms with Gasteiger partial charge in [-0.3, -0.25) is 14.8 Å². The van der Waals surface area contributed by atoms with E-state index in [4.69, 9.17) is 14.9 Å². The summed E-state index contributed by atoms with van der Waals surface area (Å²) < 4.78 is 12.0. The van der Waals surface area contributed by atoms with Gasteiger partial charge >= 0.3 is 6.09 Å². The van der Waals surface area contributed by atoms with E-state index in [9.17, 15) is 9.59 Å². The van der Waals surface area contributed by atoms with Gasteiger partial charge in [0.1, 0.15) is 17.1 Å². The lowest BCUT2D eigenvalue weighted by molar-refractivity contribution is -0.0489. The number of hydrogen-bond donors (Lipinski definition) is 1. The van der Waals surface area contributed by atoms with E-state index in [-0.39, 0.29) is 5.43 Å². The molecule has 0 spiro atoms. The van der Waals surface area contributed by atoms with E-state index in [1.165, 1.54) is 0 Å². The topological polar surface area (TPSA) is 108 Å². The second kappa shape index (κ2) is 9.02. The molecule has 1 aliphatic rings. The molecular weight excluding hydrogens is 466 g/mol. The molecule has 0 aliphatic heterocycles. The fraction of sp³-hybridized carbons (Fsp3) is 0.133. The summed E-state index contributed by atoms with van der Waals surface area (Å²) in [5.74, 6) is 0.454. The minimum Gasteiger partial charge on any atom is -0.453 e. The molecule has 0 radical (unpaired) electrons. The van der Waals surface area contributed by atoms with Crippen LogP contribution in [-0.2, 0) is 10.3 Å². The number of hydrogen-bond acceptors (Lipinski definition) is 6. The zero-order valence-electron chi connectivity index (χ0n) is 19.9. The zero-order chi connectivity index (χ0) is 25.4. The van der Waals surface area contributed by atoms with E-state index < -0.39 is 11.7 Å². The van der Waals surface area contributed by atoms with Crippen LogP contribution in [0.5, 0.6) is 0 Å². The number of ether oxygens (including phenoxy) is 1. The minimum atomic E-state index is -0.789. The number of nitrogens with two attached hydrogens (primary N) is 1. The van der Waals surface area contributed by atoms with Gasteiger partial charge in [0.05, 0.1) is 10.9 Å². The summed E-state index contributed by atoms with van der Waals surface area (Å²) in [5.41, 5.74) is 8.97. The number of primary amides is 1. The molecule has 0 bridgehead atoms. The van der Waals surface area contributed by atoms with Crippen molar-refractivity contribution >= 4 is 17.1 Å². The number of nitrogens with zero attached hydrogens (tertiary/aromatic N) is 2. The lowest BCUT2D eigenvalue weighted by Crippen LogP contribution is -2.40. The molecule has 1 amide bonds. The van der Waals surface area contributed by atoms with Gasteiger partial charge in [0.25, 0.3) is 0 Å². The molecule has 5 aromatic rings. The first-order chi connectivity index (χ1) is 18.1. The van der Waals surface area contributed by atoms with Gasteiger partial charge in [0.15, 0.2) is 5.58 Å². The summed E-state index contributed by atoms with van der Waals surface area (Å²) in [7, 11) is 0. The Kier molecular flexibility index (Phi) is 5.53. The summed E-state index contributed by atoms with van der Waals surface area (Å²) in [6.07, 6.45) is 6.58. The number of carbonyl (C=O) groups excluding carboxylic acids is 1. The minimum absolute atomic E-state index is 0.160. The Morgan fingerprint density at radius 3 is 2.30 bits per heavy atom. The van der Waals surface area contributed by atoms with Gasteiger partial charge in [-0.2, -0.15) is 0 Å². The van der Waals surface area contributed by atoms with E-state index in [0.717, 1.165) is 23.1 Å². The van der Waals surface area contributed by atoms with Gasteiger partial charge in [-0.25, -0.2) is 4.79 Å². The Hall–Kier alpha value is -4.78. The molecule has 1 saturated carbocycles. The quantitative estimate of drug-likeness (QED) is 0.322. The number of carbonyl (C=O) groups is 1. The molecule has 7 heteroatoms. The van der Waals surface area contributed by atoms with Crippen molar-refractivity contribution < 1.29 is 13.9 Å². The van der Waals surface area contributed by atoms with Crippen LogP contribution in [0.1, 0.15) is 24.8 Å². The molecular formula is C30H23N3O4. The summed E-state index contributed by atoms with van der Waals surface area (Å²) in [6, 6.07) is 22.4. The van der Waals surface area contributed by atoms with Crippen LogP contribution >= 0.6 is 0 Å². The van der Waals surface area contributed by atoms with Gasteiger partial charge < -0.3 is 14.9 Å². The third-order valence-corrected chi connectivity index (χ3v) is 6.94. The van der Waals surface area contributed by atoms with Gasteiger partial charge in [0, 0.05) is 29.7 Å². The SMILES string of the molecule is NC(=O)OC1(c2ccc(-c3c(-c4ccccc4)oc4c(-c5cccnc5)nccc4c3=O)cc2)CCC1. The highest BCUT2D eigenvalue weighted by molar-refractivity contribution is 5.95. The Balaban J connectivity index is 1.56. The summed E-state index contributed by atoms with van der Waals surface area (Å²) >= 11 is 0. The van der Waals surface area contributed by atoms with E-state index in [2.05, 4.69) is 9.97 Å². The lowest BCUT2D eigenvalue weighted by Gasteiger charge is -2.40. The number of pyridine rings is 2. The first kappa shape index (κ1) is 22.7. The summed E-state index contributed by atoms with van der Waals surface area (Å²) in [5, 5.41) is 0.431. The molecule has 1 fully saturated rings. The second-order valence-electron chi connectivity index (χ2n) is 9.13. The van der Waals surface area contributed by atoms with Crippen molar-refractivity contribution in [2.75, 3.05) is 0 Å². The van der Waals surface area contributed by atoms with Crippen molar-refractivity contribution in [1.82, 2.24) is 9.97 Å². The third kappa shape index (κ3) is 3.94. The maximum absolute atomic E-state index is 14.0. The third-order valence-electron chi connectivity index (χ3n) is 6.94. The highest BCUT2D eigenvalue weighted by Gasteiger charge is 2.42. The van der Waals surface area contributed by atoms with Crippen LogP contribution in [0.2, 0.25) is 0 Å². The van der Waals surface area contributed by atoms with E-state index >= 15 is 0 Å². The van der Waals surface area contributed by atoms with Crippen molar-refractivity contribution in [3.05, 3.63) is 107 Å². The van der Waals surface area contributed by atoms with Crippen molar-refractivity contribution in [3.8, 4) is 33.7 Å². The largest absolute Gasteiger partial charge is 0.453 e. The predicted molar refractivity (Wildman–Crippen MR) is 141 cm³/mol. The van der Waals surface area contributed by atoms with Crippen molar-refractivity contribution in [2.24, 2.45) is 5.73 Å². The fourth-order valence-corrected chi connectivity index (χ4v) is 4.97. The summed E-state index contributed by atoms with van der Waals surface area (Å²) in [4.78, 5) is 34.2. The van der Waals surface area contributed by atoms with Gasteiger partial charge in [0.2, 0.25) is 5.43 Å². The standard InChI is InChI=1S/C30H23N3O4/c31-29(35)37-30(14-5-15-30)22-11-9-19(10-12-22)24-26(34)23-13-17-33-25(21-8-4-16-32-18-21)28(23)36-27(24)20-6-2-1-3-7-20/h1-4,6-13,16-18H,5,14-15H2,(H2,31,35). The van der Waals surface area contributed by atoms with E-state index in [1.807, 2.05) is 66.7 Å². The number of fused-ring (bicyclic) bond motifs is 1. The van der Waals surface area contributed by atoms with Crippen LogP contribution in [0.25, 0.3) is 44.7 Å². The van der Waals surface area contributed by atoms with E-state index in [1.54, 1.807) is 24.7 Å². The Bertz CT molecular complexity index is 1660. The lowest BCUT2D eigenvalue weighted by atomic mass is 9.74. The molecule has 6 rings (SSSR count). The van der Waals surface area contributed by atoms with Crippen LogP contribution in [0.4, 0.5) is 4.79 Å². The Morgan fingerprint density at radius 2 is 1.65 bits per heavy atom. The van der Waals surface area contributed by atoms with Gasteiger partial charge in [-0.1, -0.05) is 54.6 Å². The Labute approximate surface area is 212 Å². The molecule has 37 heavy (non-hydrogen) atoms. The smallest absolute Gasteiger partial charge is 0.405 e. The number of amides is 1. The van der Waals surface area contributed by atoms with Crippen LogP contribution in [0.3, 0.4) is 0 Å². The highest BCUT2D eigenvalue weighted by atomic mass is 16.6. The molecule has 0 saturated heterocycles. The van der Waals surface area contributed by atoms with Gasteiger partial charge in [-0.05, 0) is 48.6 Å². The molecule has 1 aliphatic carbocycles. The number of benzene rings is 2. The normalized spacial score (nSPS) is 14.2. The molecule has 0 atom stereocenters. The fourth-order valence-electron chi connectivity index (χ4n) is 4.97. The average molecular weight is 490 g/mol. The number of aromatic nitrogens is 2. The maximum Gasteiger partial charge on any atom is 0.405 e. The van der Waals surface area contributed by atoms with Gasteiger partial charge in [-0.15, -0.1) is 0 Å². The molecule has 0 unspecified atom stereocenters. The van der Waals surface area contributed by atoms with Crippen molar-refractivity contribution in [1.29, 1.82) is 0 Å². The molecule has 2 N–H and O–H groups in total. The molecule has 3 aromatic heterocycles. The first-order valence-electron chi connectivity index (χ1n) is 12.1. The maximum atomic E-state index is 14.0. The zero-order valence-corrected chi connectivity index (χ0v) is 19.9. The monoisotopic (exact) mass is 489 g/mol. The molecule has 7 nitrogen and oxygen atoms in total. The summed E-state index contributed by atoms with van der Waals surface area (Å²) in [6.45, 7) is 0.